The Morgan fingerprint density at radius 3 is 2.88 bits per heavy atom. The van der Waals surface area contributed by atoms with Gasteiger partial charge in [0.05, 0.1) is 0 Å². The lowest BCUT2D eigenvalue weighted by atomic mass is 10.1. The summed E-state index contributed by atoms with van der Waals surface area (Å²) in [6.45, 7) is 2.95. The molecule has 5 heteroatoms. The fourth-order valence-corrected chi connectivity index (χ4v) is 1.90. The third-order valence-corrected chi connectivity index (χ3v) is 2.91. The van der Waals surface area contributed by atoms with Crippen molar-refractivity contribution in [2.75, 3.05) is 13.1 Å². The van der Waals surface area contributed by atoms with Crippen LogP contribution in [-0.2, 0) is 0 Å². The molecule has 1 aromatic carbocycles. The zero-order valence-electron chi connectivity index (χ0n) is 9.52. The van der Waals surface area contributed by atoms with Gasteiger partial charge in [0.2, 0.25) is 0 Å². The molecule has 1 saturated heterocycles. The quantitative estimate of drug-likeness (QED) is 0.819. The average molecular weight is 240 g/mol. The van der Waals surface area contributed by atoms with Crippen LogP contribution in [0.2, 0.25) is 0 Å². The molecule has 1 amide bonds. The van der Waals surface area contributed by atoms with Crippen LogP contribution in [-0.4, -0.2) is 25.0 Å². The molecular weight excluding hydrogens is 226 g/mol. The topological polar surface area (TPSA) is 41.1 Å². The first kappa shape index (κ1) is 12.0. The van der Waals surface area contributed by atoms with Crippen molar-refractivity contribution in [2.24, 2.45) is 0 Å². The third kappa shape index (κ3) is 2.44. The molecule has 1 atom stereocenters. The van der Waals surface area contributed by atoms with Crippen LogP contribution in [0, 0.1) is 18.6 Å². The summed E-state index contributed by atoms with van der Waals surface area (Å²) in [5.74, 6) is -2.29. The Hall–Kier alpha value is -1.49. The Morgan fingerprint density at radius 1 is 1.47 bits per heavy atom. The Balaban J connectivity index is 2.21. The molecule has 3 nitrogen and oxygen atoms in total. The van der Waals surface area contributed by atoms with E-state index < -0.39 is 23.1 Å². The Morgan fingerprint density at radius 2 is 2.24 bits per heavy atom. The summed E-state index contributed by atoms with van der Waals surface area (Å²) in [6.07, 6.45) is 0.779. The van der Waals surface area contributed by atoms with E-state index in [-0.39, 0.29) is 11.6 Å². The van der Waals surface area contributed by atoms with Crippen LogP contribution in [0.5, 0.6) is 0 Å². The first-order chi connectivity index (χ1) is 8.09. The number of aryl methyl sites for hydroxylation is 1. The maximum Gasteiger partial charge on any atom is 0.257 e. The second kappa shape index (κ2) is 4.79. The molecule has 17 heavy (non-hydrogen) atoms. The molecule has 0 bridgehead atoms. The molecular formula is C12H14F2N2O. The zero-order valence-corrected chi connectivity index (χ0v) is 9.52. The molecule has 0 saturated carbocycles. The van der Waals surface area contributed by atoms with Gasteiger partial charge < -0.3 is 10.6 Å². The average Bonchev–Trinajstić information content (AvgIpc) is 2.77. The number of benzene rings is 1. The molecule has 2 N–H and O–H groups in total. The highest BCUT2D eigenvalue weighted by molar-refractivity contribution is 5.95. The molecule has 1 aliphatic heterocycles. The van der Waals surface area contributed by atoms with Gasteiger partial charge in [-0.2, -0.15) is 0 Å². The highest BCUT2D eigenvalue weighted by atomic mass is 19.1. The summed E-state index contributed by atoms with van der Waals surface area (Å²) in [7, 11) is 0. The van der Waals surface area contributed by atoms with Gasteiger partial charge in [-0.3, -0.25) is 4.79 Å². The second-order valence-electron chi connectivity index (χ2n) is 4.22. The van der Waals surface area contributed by atoms with E-state index in [1.165, 1.54) is 13.0 Å². The molecule has 0 radical (unpaired) electrons. The van der Waals surface area contributed by atoms with Crippen LogP contribution in [0.25, 0.3) is 0 Å². The van der Waals surface area contributed by atoms with Gasteiger partial charge in [-0.25, -0.2) is 8.78 Å². The smallest absolute Gasteiger partial charge is 0.257 e. The lowest BCUT2D eigenvalue weighted by molar-refractivity contribution is 0.0931. The summed E-state index contributed by atoms with van der Waals surface area (Å²) < 4.78 is 27.1. The molecule has 1 aromatic rings. The summed E-state index contributed by atoms with van der Waals surface area (Å²) in [6, 6.07) is 2.38. The van der Waals surface area contributed by atoms with Crippen molar-refractivity contribution in [1.82, 2.24) is 10.6 Å². The van der Waals surface area contributed by atoms with E-state index in [2.05, 4.69) is 10.6 Å². The predicted molar refractivity (Wildman–Crippen MR) is 59.8 cm³/mol. The first-order valence-electron chi connectivity index (χ1n) is 5.56. The number of rotatable bonds is 2. The number of halogens is 2. The van der Waals surface area contributed by atoms with Gasteiger partial charge in [0.25, 0.3) is 5.91 Å². The molecule has 1 heterocycles. The minimum absolute atomic E-state index is 0.0539. The molecule has 1 unspecified atom stereocenters. The van der Waals surface area contributed by atoms with Crippen LogP contribution in [0.3, 0.4) is 0 Å². The lowest BCUT2D eigenvalue weighted by Crippen LogP contribution is -2.37. The Bertz CT molecular complexity index is 442. The molecule has 1 fully saturated rings. The van der Waals surface area contributed by atoms with Crippen LogP contribution < -0.4 is 10.6 Å². The molecule has 0 aromatic heterocycles. The number of amides is 1. The van der Waals surface area contributed by atoms with E-state index in [9.17, 15) is 13.6 Å². The van der Waals surface area contributed by atoms with E-state index >= 15 is 0 Å². The van der Waals surface area contributed by atoms with Crippen molar-refractivity contribution >= 4 is 5.91 Å². The SMILES string of the molecule is Cc1ccc(F)c(C(=O)NC2CCNC2)c1F. The van der Waals surface area contributed by atoms with Crippen molar-refractivity contribution in [3.63, 3.8) is 0 Å². The number of carbonyl (C=O) groups excluding carboxylic acids is 1. The minimum atomic E-state index is -0.823. The maximum atomic E-state index is 13.7. The summed E-state index contributed by atoms with van der Waals surface area (Å²) >= 11 is 0. The van der Waals surface area contributed by atoms with Crippen molar-refractivity contribution in [1.29, 1.82) is 0 Å². The molecule has 1 aliphatic rings. The number of hydrogen-bond donors (Lipinski definition) is 2. The third-order valence-electron chi connectivity index (χ3n) is 2.91. The fourth-order valence-electron chi connectivity index (χ4n) is 1.90. The minimum Gasteiger partial charge on any atom is -0.348 e. The van der Waals surface area contributed by atoms with Crippen LogP contribution in [0.1, 0.15) is 22.3 Å². The second-order valence-corrected chi connectivity index (χ2v) is 4.22. The number of hydrogen-bond acceptors (Lipinski definition) is 2. The Labute approximate surface area is 98.2 Å². The van der Waals surface area contributed by atoms with E-state index in [4.69, 9.17) is 0 Å². The van der Waals surface area contributed by atoms with Gasteiger partial charge in [0, 0.05) is 12.6 Å². The summed E-state index contributed by atoms with van der Waals surface area (Å²) in [5, 5.41) is 5.69. The van der Waals surface area contributed by atoms with E-state index in [1.807, 2.05) is 0 Å². The monoisotopic (exact) mass is 240 g/mol. The van der Waals surface area contributed by atoms with E-state index in [0.717, 1.165) is 19.0 Å². The fraction of sp³-hybridized carbons (Fsp3) is 0.417. The molecule has 2 rings (SSSR count). The Kier molecular flexibility index (Phi) is 3.38. The van der Waals surface area contributed by atoms with Gasteiger partial charge >= 0.3 is 0 Å². The lowest BCUT2D eigenvalue weighted by Gasteiger charge is -2.12. The van der Waals surface area contributed by atoms with Gasteiger partial charge in [-0.05, 0) is 31.5 Å². The number of nitrogens with one attached hydrogen (secondary N) is 2. The largest absolute Gasteiger partial charge is 0.348 e. The molecule has 92 valence electrons. The predicted octanol–water partition coefficient (Wildman–Crippen LogP) is 1.36. The van der Waals surface area contributed by atoms with Crippen molar-refractivity contribution in [3.8, 4) is 0 Å². The van der Waals surface area contributed by atoms with Crippen molar-refractivity contribution in [3.05, 3.63) is 34.9 Å². The van der Waals surface area contributed by atoms with Gasteiger partial charge in [0.1, 0.15) is 17.2 Å². The van der Waals surface area contributed by atoms with Crippen molar-refractivity contribution in [2.45, 2.75) is 19.4 Å². The van der Waals surface area contributed by atoms with Crippen LogP contribution in [0.4, 0.5) is 8.78 Å². The zero-order chi connectivity index (χ0) is 12.4. The molecule has 0 spiro atoms. The van der Waals surface area contributed by atoms with Crippen LogP contribution in [0.15, 0.2) is 12.1 Å². The standard InChI is InChI=1S/C12H14F2N2O/c1-7-2-3-9(13)10(11(7)14)12(17)16-8-4-5-15-6-8/h2-3,8,15H,4-6H2,1H3,(H,16,17). The van der Waals surface area contributed by atoms with Crippen molar-refractivity contribution < 1.29 is 13.6 Å². The van der Waals surface area contributed by atoms with Gasteiger partial charge in [0.15, 0.2) is 0 Å². The summed E-state index contributed by atoms with van der Waals surface area (Å²) in [4.78, 5) is 11.8. The summed E-state index contributed by atoms with van der Waals surface area (Å²) in [5.41, 5.74) is -0.224. The molecule has 0 aliphatic carbocycles. The highest BCUT2D eigenvalue weighted by Crippen LogP contribution is 2.16. The van der Waals surface area contributed by atoms with Crippen LogP contribution >= 0.6 is 0 Å². The highest BCUT2D eigenvalue weighted by Gasteiger charge is 2.23. The maximum absolute atomic E-state index is 13.7. The van der Waals surface area contributed by atoms with Gasteiger partial charge in [-0.15, -0.1) is 0 Å². The van der Waals surface area contributed by atoms with E-state index in [1.54, 1.807) is 0 Å². The normalized spacial score (nSPS) is 19.4. The van der Waals surface area contributed by atoms with Gasteiger partial charge in [-0.1, -0.05) is 6.07 Å². The van der Waals surface area contributed by atoms with E-state index in [0.29, 0.717) is 6.54 Å². The number of carbonyl (C=O) groups is 1. The first-order valence-corrected chi connectivity index (χ1v) is 5.56.